The van der Waals surface area contributed by atoms with Crippen molar-refractivity contribution in [1.82, 2.24) is 0 Å². The Morgan fingerprint density at radius 2 is 2.20 bits per heavy atom. The minimum Gasteiger partial charge on any atom is -0.497 e. The fourth-order valence-electron chi connectivity index (χ4n) is 0.953. The van der Waals surface area contributed by atoms with Crippen LogP contribution in [0.25, 0.3) is 0 Å². The van der Waals surface area contributed by atoms with Crippen LogP contribution in [-0.2, 0) is 4.79 Å². The van der Waals surface area contributed by atoms with Crippen LogP contribution in [0.2, 0.25) is 5.02 Å². The van der Waals surface area contributed by atoms with Crippen molar-refractivity contribution in [2.45, 2.75) is 13.0 Å². The molecule has 0 saturated carbocycles. The van der Waals surface area contributed by atoms with E-state index in [1.165, 1.54) is 7.11 Å². The van der Waals surface area contributed by atoms with Crippen molar-refractivity contribution in [3.63, 3.8) is 0 Å². The number of methoxy groups -OCH3 is 1. The highest BCUT2D eigenvalue weighted by molar-refractivity contribution is 6.32. The summed E-state index contributed by atoms with van der Waals surface area (Å²) in [6, 6.07) is 4.92. The number of hydrogen-bond donors (Lipinski definition) is 1. The maximum atomic E-state index is 10.8. The third kappa shape index (κ3) is 3.02. The monoisotopic (exact) mass is 229 g/mol. The van der Waals surface area contributed by atoms with Gasteiger partial charge in [0.25, 0.3) is 5.91 Å². The number of rotatable bonds is 4. The SMILES string of the molecule is COc1ccc(OC(C)C(N)=O)c(Cl)c1. The van der Waals surface area contributed by atoms with Gasteiger partial charge < -0.3 is 15.2 Å². The number of primary amides is 1. The predicted molar refractivity (Wildman–Crippen MR) is 57.3 cm³/mol. The van der Waals surface area contributed by atoms with E-state index in [0.717, 1.165) is 0 Å². The fourth-order valence-corrected chi connectivity index (χ4v) is 1.17. The quantitative estimate of drug-likeness (QED) is 0.853. The molecule has 0 heterocycles. The summed E-state index contributed by atoms with van der Waals surface area (Å²) in [4.78, 5) is 10.8. The van der Waals surface area contributed by atoms with Crippen molar-refractivity contribution in [3.05, 3.63) is 23.2 Å². The van der Waals surface area contributed by atoms with E-state index in [0.29, 0.717) is 16.5 Å². The Bertz CT molecular complexity index is 368. The van der Waals surface area contributed by atoms with E-state index in [-0.39, 0.29) is 0 Å². The Labute approximate surface area is 92.9 Å². The van der Waals surface area contributed by atoms with E-state index in [4.69, 9.17) is 26.8 Å². The third-order valence-electron chi connectivity index (χ3n) is 1.84. The van der Waals surface area contributed by atoms with Crippen LogP contribution in [0, 0.1) is 0 Å². The van der Waals surface area contributed by atoms with Gasteiger partial charge in [0.2, 0.25) is 0 Å². The fraction of sp³-hybridized carbons (Fsp3) is 0.300. The lowest BCUT2D eigenvalue weighted by atomic mass is 10.3. The van der Waals surface area contributed by atoms with E-state index in [1.807, 2.05) is 0 Å². The smallest absolute Gasteiger partial charge is 0.258 e. The molecule has 1 atom stereocenters. The van der Waals surface area contributed by atoms with Gasteiger partial charge >= 0.3 is 0 Å². The normalized spacial score (nSPS) is 11.9. The lowest BCUT2D eigenvalue weighted by molar-refractivity contribution is -0.123. The molecule has 0 aliphatic heterocycles. The lowest BCUT2D eigenvalue weighted by Gasteiger charge is -2.12. The predicted octanol–water partition coefficient (Wildman–Crippen LogP) is 1.60. The first-order chi connectivity index (χ1) is 7.04. The summed E-state index contributed by atoms with van der Waals surface area (Å²) in [7, 11) is 1.54. The summed E-state index contributed by atoms with van der Waals surface area (Å²) < 4.78 is 10.2. The van der Waals surface area contributed by atoms with Gasteiger partial charge in [-0.2, -0.15) is 0 Å². The van der Waals surface area contributed by atoms with Crippen molar-refractivity contribution in [2.75, 3.05) is 7.11 Å². The highest BCUT2D eigenvalue weighted by Crippen LogP contribution is 2.29. The molecule has 0 aliphatic carbocycles. The molecule has 0 aromatic heterocycles. The number of nitrogens with two attached hydrogens (primary N) is 1. The van der Waals surface area contributed by atoms with Crippen LogP contribution in [0.5, 0.6) is 11.5 Å². The molecule has 1 unspecified atom stereocenters. The van der Waals surface area contributed by atoms with Crippen LogP contribution in [0.3, 0.4) is 0 Å². The molecule has 82 valence electrons. The second-order valence-corrected chi connectivity index (χ2v) is 3.37. The first-order valence-corrected chi connectivity index (χ1v) is 4.72. The maximum Gasteiger partial charge on any atom is 0.258 e. The third-order valence-corrected chi connectivity index (χ3v) is 2.14. The molecule has 1 aromatic carbocycles. The number of carbonyl (C=O) groups excluding carboxylic acids is 1. The van der Waals surface area contributed by atoms with Crippen LogP contribution in [0.15, 0.2) is 18.2 Å². The van der Waals surface area contributed by atoms with Crippen LogP contribution >= 0.6 is 11.6 Å². The van der Waals surface area contributed by atoms with Crippen LogP contribution < -0.4 is 15.2 Å². The molecule has 1 aromatic rings. The summed E-state index contributed by atoms with van der Waals surface area (Å²) in [5.41, 5.74) is 5.06. The van der Waals surface area contributed by atoms with Crippen molar-refractivity contribution in [3.8, 4) is 11.5 Å². The van der Waals surface area contributed by atoms with Gasteiger partial charge in [-0.05, 0) is 19.1 Å². The van der Waals surface area contributed by atoms with E-state index in [1.54, 1.807) is 25.1 Å². The van der Waals surface area contributed by atoms with Gasteiger partial charge in [0.1, 0.15) is 11.5 Å². The Morgan fingerprint density at radius 3 is 2.67 bits per heavy atom. The summed E-state index contributed by atoms with van der Waals surface area (Å²) >= 11 is 5.90. The van der Waals surface area contributed by atoms with E-state index in [2.05, 4.69) is 0 Å². The van der Waals surface area contributed by atoms with Crippen LogP contribution in [0.1, 0.15) is 6.92 Å². The maximum absolute atomic E-state index is 10.8. The molecule has 15 heavy (non-hydrogen) atoms. The second kappa shape index (κ2) is 4.89. The molecule has 0 spiro atoms. The second-order valence-electron chi connectivity index (χ2n) is 2.96. The van der Waals surface area contributed by atoms with Crippen molar-refractivity contribution < 1.29 is 14.3 Å². The van der Waals surface area contributed by atoms with E-state index < -0.39 is 12.0 Å². The minimum atomic E-state index is -0.712. The van der Waals surface area contributed by atoms with Crippen molar-refractivity contribution in [1.29, 1.82) is 0 Å². The van der Waals surface area contributed by atoms with Gasteiger partial charge in [0.05, 0.1) is 12.1 Å². The Morgan fingerprint density at radius 1 is 1.53 bits per heavy atom. The molecule has 0 aliphatic rings. The molecule has 1 amide bonds. The summed E-state index contributed by atoms with van der Waals surface area (Å²) in [5.74, 6) is 0.490. The molecule has 5 heteroatoms. The lowest BCUT2D eigenvalue weighted by Crippen LogP contribution is -2.30. The van der Waals surface area contributed by atoms with Crippen molar-refractivity contribution in [2.24, 2.45) is 5.73 Å². The van der Waals surface area contributed by atoms with Gasteiger partial charge in [-0.25, -0.2) is 0 Å². The van der Waals surface area contributed by atoms with Gasteiger partial charge in [-0.1, -0.05) is 11.6 Å². The highest BCUT2D eigenvalue weighted by Gasteiger charge is 2.12. The molecule has 1 rings (SSSR count). The molecule has 4 nitrogen and oxygen atoms in total. The number of ether oxygens (including phenoxy) is 2. The molecular formula is C10H12ClNO3. The van der Waals surface area contributed by atoms with E-state index >= 15 is 0 Å². The number of amides is 1. The van der Waals surface area contributed by atoms with Gasteiger partial charge in [0.15, 0.2) is 6.10 Å². The van der Waals surface area contributed by atoms with Crippen LogP contribution in [0.4, 0.5) is 0 Å². The van der Waals surface area contributed by atoms with Gasteiger partial charge in [0, 0.05) is 6.07 Å². The van der Waals surface area contributed by atoms with Gasteiger partial charge in [-0.3, -0.25) is 4.79 Å². The minimum absolute atomic E-state index is 0.377. The van der Waals surface area contributed by atoms with Crippen molar-refractivity contribution >= 4 is 17.5 Å². The summed E-state index contributed by atoms with van der Waals surface area (Å²) in [6.07, 6.45) is -0.712. The number of carbonyl (C=O) groups is 1. The molecule has 0 radical (unpaired) electrons. The molecule has 0 fully saturated rings. The van der Waals surface area contributed by atoms with E-state index in [9.17, 15) is 4.79 Å². The molecule has 0 saturated heterocycles. The van der Waals surface area contributed by atoms with Crippen LogP contribution in [-0.4, -0.2) is 19.1 Å². The molecule has 2 N–H and O–H groups in total. The van der Waals surface area contributed by atoms with Gasteiger partial charge in [-0.15, -0.1) is 0 Å². The number of hydrogen-bond acceptors (Lipinski definition) is 3. The first kappa shape index (κ1) is 11.7. The Balaban J connectivity index is 2.82. The topological polar surface area (TPSA) is 61.6 Å². The number of halogens is 1. The highest BCUT2D eigenvalue weighted by atomic mass is 35.5. The molecule has 0 bridgehead atoms. The zero-order chi connectivity index (χ0) is 11.4. The average molecular weight is 230 g/mol. The average Bonchev–Trinajstić information content (AvgIpc) is 2.20. The standard InChI is InChI=1S/C10H12ClNO3/c1-6(10(12)13)15-9-4-3-7(14-2)5-8(9)11/h3-6H,1-2H3,(H2,12,13). The summed E-state index contributed by atoms with van der Waals surface area (Å²) in [5, 5.41) is 0.377. The summed E-state index contributed by atoms with van der Waals surface area (Å²) in [6.45, 7) is 1.56. The number of benzene rings is 1. The Kier molecular flexibility index (Phi) is 3.80. The zero-order valence-electron chi connectivity index (χ0n) is 8.49. The largest absolute Gasteiger partial charge is 0.497 e. The Hall–Kier alpha value is -1.42. The zero-order valence-corrected chi connectivity index (χ0v) is 9.25. The molecular weight excluding hydrogens is 218 g/mol. The first-order valence-electron chi connectivity index (χ1n) is 4.34.